The molecule has 0 atom stereocenters. The summed E-state index contributed by atoms with van der Waals surface area (Å²) in [7, 11) is 0. The second-order valence-electron chi connectivity index (χ2n) is 6.34. The molecule has 3 aromatic rings. The van der Waals surface area contributed by atoms with E-state index in [9.17, 15) is 4.79 Å². The third-order valence-electron chi connectivity index (χ3n) is 4.54. The predicted molar refractivity (Wildman–Crippen MR) is 111 cm³/mol. The van der Waals surface area contributed by atoms with E-state index in [1.54, 1.807) is 29.7 Å². The number of aliphatic imine (C=N–C) groups is 1. The van der Waals surface area contributed by atoms with Gasteiger partial charge in [-0.05, 0) is 61.6 Å². The van der Waals surface area contributed by atoms with Gasteiger partial charge >= 0.3 is 0 Å². The molecule has 138 valence electrons. The van der Waals surface area contributed by atoms with E-state index in [2.05, 4.69) is 4.99 Å². The first kappa shape index (κ1) is 18.3. The van der Waals surface area contributed by atoms with Crippen molar-refractivity contribution < 1.29 is 9.21 Å². The Labute approximate surface area is 170 Å². The van der Waals surface area contributed by atoms with E-state index in [-0.39, 0.29) is 0 Å². The normalized spacial score (nSPS) is 13.9. The van der Waals surface area contributed by atoms with Crippen LogP contribution in [0.5, 0.6) is 0 Å². The lowest BCUT2D eigenvalue weighted by Crippen LogP contribution is -2.14. The summed E-state index contributed by atoms with van der Waals surface area (Å²) in [6, 6.07) is 8.98. The number of halogens is 2. The summed E-state index contributed by atoms with van der Waals surface area (Å²) in [5.41, 5.74) is 8.06. The number of hydrogen-bond acceptors (Lipinski definition) is 4. The number of carbonyl (C=O) groups excluding carboxylic acids is 1. The van der Waals surface area contributed by atoms with Crippen molar-refractivity contribution in [3.05, 3.63) is 62.1 Å². The minimum atomic E-state index is -0.419. The van der Waals surface area contributed by atoms with Crippen LogP contribution >= 0.6 is 34.5 Å². The molecule has 0 saturated carbocycles. The van der Waals surface area contributed by atoms with Gasteiger partial charge in [0.2, 0.25) is 0 Å². The summed E-state index contributed by atoms with van der Waals surface area (Å²) in [6.07, 6.45) is 5.71. The molecule has 2 aromatic heterocycles. The Morgan fingerprint density at radius 2 is 1.96 bits per heavy atom. The van der Waals surface area contributed by atoms with Crippen molar-refractivity contribution in [2.24, 2.45) is 10.7 Å². The van der Waals surface area contributed by atoms with Gasteiger partial charge in [0.05, 0.1) is 21.8 Å². The maximum atomic E-state index is 11.9. The molecule has 0 bridgehead atoms. The van der Waals surface area contributed by atoms with Gasteiger partial charge < -0.3 is 10.2 Å². The Kier molecular flexibility index (Phi) is 5.08. The summed E-state index contributed by atoms with van der Waals surface area (Å²) in [5.74, 6) is 0.825. The number of hydrogen-bond donors (Lipinski definition) is 1. The van der Waals surface area contributed by atoms with Crippen molar-refractivity contribution in [2.45, 2.75) is 25.7 Å². The first-order chi connectivity index (χ1) is 13.0. The highest BCUT2D eigenvalue weighted by molar-refractivity contribution is 7.16. The van der Waals surface area contributed by atoms with E-state index in [4.69, 9.17) is 33.4 Å². The quantitative estimate of drug-likeness (QED) is 0.524. The number of fused-ring (bicyclic) bond motifs is 1. The number of primary amides is 1. The fourth-order valence-electron chi connectivity index (χ4n) is 3.25. The number of amides is 1. The van der Waals surface area contributed by atoms with Crippen molar-refractivity contribution >= 4 is 51.7 Å². The van der Waals surface area contributed by atoms with Crippen molar-refractivity contribution in [3.8, 4) is 11.3 Å². The Bertz CT molecular complexity index is 1050. The number of carbonyl (C=O) groups is 1. The van der Waals surface area contributed by atoms with E-state index < -0.39 is 5.91 Å². The first-order valence-electron chi connectivity index (χ1n) is 8.56. The van der Waals surface area contributed by atoms with Crippen molar-refractivity contribution in [1.29, 1.82) is 0 Å². The van der Waals surface area contributed by atoms with E-state index in [0.29, 0.717) is 32.1 Å². The molecule has 7 heteroatoms. The largest absolute Gasteiger partial charge is 0.455 e. The van der Waals surface area contributed by atoms with E-state index in [1.807, 2.05) is 18.2 Å². The highest BCUT2D eigenvalue weighted by Crippen LogP contribution is 2.39. The SMILES string of the molecule is NC(=O)c1c(N=Cc2ccc(-c3ccc(Cl)c(Cl)c3)o2)sc2c1CCCC2. The van der Waals surface area contributed by atoms with Crippen LogP contribution in [0.2, 0.25) is 10.0 Å². The Morgan fingerprint density at radius 1 is 1.15 bits per heavy atom. The molecule has 0 unspecified atom stereocenters. The summed E-state index contributed by atoms with van der Waals surface area (Å²) >= 11 is 13.6. The van der Waals surface area contributed by atoms with Crippen LogP contribution in [0.25, 0.3) is 11.3 Å². The maximum Gasteiger partial charge on any atom is 0.252 e. The molecule has 1 aliphatic carbocycles. The molecule has 0 spiro atoms. The first-order valence-corrected chi connectivity index (χ1v) is 10.1. The van der Waals surface area contributed by atoms with Crippen LogP contribution in [0, 0.1) is 0 Å². The molecule has 0 saturated heterocycles. The molecule has 1 aromatic carbocycles. The molecule has 2 heterocycles. The van der Waals surface area contributed by atoms with Crippen LogP contribution < -0.4 is 5.73 Å². The molecule has 4 rings (SSSR count). The average molecular weight is 419 g/mol. The molecule has 2 N–H and O–H groups in total. The van der Waals surface area contributed by atoms with Gasteiger partial charge in [-0.25, -0.2) is 4.99 Å². The van der Waals surface area contributed by atoms with E-state index >= 15 is 0 Å². The highest BCUT2D eigenvalue weighted by Gasteiger charge is 2.23. The number of nitrogens with zero attached hydrogens (tertiary/aromatic N) is 1. The van der Waals surface area contributed by atoms with Gasteiger partial charge in [-0.1, -0.05) is 23.2 Å². The monoisotopic (exact) mass is 418 g/mol. The average Bonchev–Trinajstić information content (AvgIpc) is 3.26. The van der Waals surface area contributed by atoms with Crippen LogP contribution in [0.4, 0.5) is 5.00 Å². The minimum absolute atomic E-state index is 0.419. The number of thiophene rings is 1. The third-order valence-corrected chi connectivity index (χ3v) is 6.48. The number of aryl methyl sites for hydroxylation is 1. The smallest absolute Gasteiger partial charge is 0.252 e. The Hall–Kier alpha value is -2.08. The summed E-state index contributed by atoms with van der Waals surface area (Å²) in [5, 5.41) is 1.62. The predicted octanol–water partition coefficient (Wildman–Crippen LogP) is 6.04. The van der Waals surface area contributed by atoms with Gasteiger partial charge in [0.15, 0.2) is 0 Å². The molecule has 0 aliphatic heterocycles. The molecule has 0 radical (unpaired) electrons. The minimum Gasteiger partial charge on any atom is -0.455 e. The van der Waals surface area contributed by atoms with Crippen LogP contribution in [0.1, 0.15) is 39.4 Å². The second-order valence-corrected chi connectivity index (χ2v) is 8.24. The standard InChI is InChI=1S/C20H16Cl2N2O2S/c21-14-7-5-11(9-15(14)22)16-8-6-12(26-16)10-24-20-18(19(23)25)13-3-1-2-4-17(13)27-20/h5-10H,1-4H2,(H2,23,25). The number of nitrogens with two attached hydrogens (primary N) is 1. The lowest BCUT2D eigenvalue weighted by molar-refractivity contribution is 0.100. The zero-order valence-electron chi connectivity index (χ0n) is 14.3. The van der Waals surface area contributed by atoms with E-state index in [1.165, 1.54) is 4.88 Å². The second kappa shape index (κ2) is 7.50. The van der Waals surface area contributed by atoms with Crippen molar-refractivity contribution in [3.63, 3.8) is 0 Å². The number of furan rings is 1. The molecule has 0 fully saturated rings. The zero-order valence-corrected chi connectivity index (χ0v) is 16.6. The highest BCUT2D eigenvalue weighted by atomic mass is 35.5. The summed E-state index contributed by atoms with van der Waals surface area (Å²) in [6.45, 7) is 0. The van der Waals surface area contributed by atoms with E-state index in [0.717, 1.165) is 36.8 Å². The molecular formula is C20H16Cl2N2O2S. The lowest BCUT2D eigenvalue weighted by atomic mass is 9.95. The van der Waals surface area contributed by atoms with Crippen LogP contribution in [0.3, 0.4) is 0 Å². The molecule has 1 amide bonds. The molecule has 1 aliphatic rings. The number of benzene rings is 1. The summed E-state index contributed by atoms with van der Waals surface area (Å²) in [4.78, 5) is 17.6. The van der Waals surface area contributed by atoms with Gasteiger partial charge in [-0.2, -0.15) is 0 Å². The van der Waals surface area contributed by atoms with Crippen LogP contribution in [-0.2, 0) is 12.8 Å². The lowest BCUT2D eigenvalue weighted by Gasteiger charge is -2.10. The molecule has 27 heavy (non-hydrogen) atoms. The Morgan fingerprint density at radius 3 is 2.74 bits per heavy atom. The van der Waals surface area contributed by atoms with Crippen molar-refractivity contribution in [2.75, 3.05) is 0 Å². The zero-order chi connectivity index (χ0) is 19.0. The van der Waals surface area contributed by atoms with Gasteiger partial charge in [0.25, 0.3) is 5.91 Å². The van der Waals surface area contributed by atoms with Crippen molar-refractivity contribution in [1.82, 2.24) is 0 Å². The molecular weight excluding hydrogens is 403 g/mol. The van der Waals surface area contributed by atoms with Gasteiger partial charge in [0.1, 0.15) is 16.5 Å². The topological polar surface area (TPSA) is 68.6 Å². The van der Waals surface area contributed by atoms with Gasteiger partial charge in [0, 0.05) is 10.4 Å². The summed E-state index contributed by atoms with van der Waals surface area (Å²) < 4.78 is 5.83. The van der Waals surface area contributed by atoms with Gasteiger partial charge in [-0.15, -0.1) is 11.3 Å². The third kappa shape index (κ3) is 3.68. The maximum absolute atomic E-state index is 11.9. The fraction of sp³-hybridized carbons (Fsp3) is 0.200. The van der Waals surface area contributed by atoms with Gasteiger partial charge in [-0.3, -0.25) is 4.79 Å². The molecule has 4 nitrogen and oxygen atoms in total. The van der Waals surface area contributed by atoms with Crippen LogP contribution in [-0.4, -0.2) is 12.1 Å². The van der Waals surface area contributed by atoms with Crippen LogP contribution in [0.15, 0.2) is 39.7 Å². The number of rotatable bonds is 4. The fourth-order valence-corrected chi connectivity index (χ4v) is 4.78. The Balaban J connectivity index is 1.62.